The van der Waals surface area contributed by atoms with Crippen LogP contribution < -0.4 is 14.2 Å². The molecule has 0 atom stereocenters. The fraction of sp³-hybridized carbons (Fsp3) is 0.100. The van der Waals surface area contributed by atoms with Gasteiger partial charge in [-0.05, 0) is 30.3 Å². The van der Waals surface area contributed by atoms with Crippen molar-refractivity contribution in [1.29, 1.82) is 0 Å². The van der Waals surface area contributed by atoms with Crippen LogP contribution in [0, 0.1) is 5.82 Å². The Morgan fingerprint density at radius 1 is 0.889 bits per heavy atom. The Morgan fingerprint density at radius 2 is 1.70 bits per heavy atom. The maximum Gasteiger partial charge on any atom is 0.243 e. The zero-order valence-electron chi connectivity index (χ0n) is 14.7. The average Bonchev–Trinajstić information content (AvgIpc) is 3.06. The number of halogens is 1. The summed E-state index contributed by atoms with van der Waals surface area (Å²) < 4.78 is 31.7. The van der Waals surface area contributed by atoms with Crippen LogP contribution in [0.5, 0.6) is 23.3 Å². The van der Waals surface area contributed by atoms with Gasteiger partial charge in [0.25, 0.3) is 0 Å². The highest BCUT2D eigenvalue weighted by Crippen LogP contribution is 2.33. The molecule has 27 heavy (non-hydrogen) atoms. The van der Waals surface area contributed by atoms with Gasteiger partial charge in [-0.1, -0.05) is 24.3 Å². The van der Waals surface area contributed by atoms with Crippen molar-refractivity contribution in [2.24, 2.45) is 0 Å². The predicted molar refractivity (Wildman–Crippen MR) is 98.0 cm³/mol. The number of rotatable bonds is 5. The summed E-state index contributed by atoms with van der Waals surface area (Å²) in [6, 6.07) is 16.9. The molecule has 0 aliphatic rings. The fourth-order valence-electron chi connectivity index (χ4n) is 2.77. The van der Waals surface area contributed by atoms with Crippen LogP contribution in [0.25, 0.3) is 16.9 Å². The largest absolute Gasteiger partial charge is 0.493 e. The summed E-state index contributed by atoms with van der Waals surface area (Å²) in [4.78, 5) is 4.51. The quantitative estimate of drug-likeness (QED) is 0.526. The minimum Gasteiger partial charge on any atom is -0.493 e. The van der Waals surface area contributed by atoms with Crippen LogP contribution >= 0.6 is 0 Å². The molecule has 7 heteroatoms. The smallest absolute Gasteiger partial charge is 0.243 e. The van der Waals surface area contributed by atoms with Gasteiger partial charge in [0.1, 0.15) is 11.5 Å². The molecule has 0 unspecified atom stereocenters. The molecular weight excluding hydrogens is 349 g/mol. The minimum absolute atomic E-state index is 0.341. The van der Waals surface area contributed by atoms with E-state index in [0.29, 0.717) is 40.2 Å². The second-order valence-electron chi connectivity index (χ2n) is 5.67. The lowest BCUT2D eigenvalue weighted by atomic mass is 10.1. The summed E-state index contributed by atoms with van der Waals surface area (Å²) in [5.41, 5.74) is 1.65. The van der Waals surface area contributed by atoms with Crippen LogP contribution in [0.4, 0.5) is 4.39 Å². The standard InChI is InChI=1S/C20H16FN3O3/c1-25-15-8-3-4-9-16(15)27-18-11-10-17-22-19(20(26-2)24(17)23-18)13-6-5-7-14(21)12-13/h3-12H,1-2H3. The molecule has 136 valence electrons. The number of ether oxygens (including phenoxy) is 3. The monoisotopic (exact) mass is 365 g/mol. The molecule has 4 aromatic rings. The van der Waals surface area contributed by atoms with Crippen LogP contribution in [0.2, 0.25) is 0 Å². The lowest BCUT2D eigenvalue weighted by molar-refractivity contribution is 0.364. The van der Waals surface area contributed by atoms with E-state index in [1.165, 1.54) is 23.8 Å². The van der Waals surface area contributed by atoms with Gasteiger partial charge in [-0.2, -0.15) is 4.52 Å². The van der Waals surface area contributed by atoms with Gasteiger partial charge in [0.2, 0.25) is 11.8 Å². The van der Waals surface area contributed by atoms with Crippen LogP contribution in [0.1, 0.15) is 0 Å². The minimum atomic E-state index is -0.347. The summed E-state index contributed by atoms with van der Waals surface area (Å²) in [6.07, 6.45) is 0. The number of nitrogens with zero attached hydrogens (tertiary/aromatic N) is 3. The number of imidazole rings is 1. The molecule has 0 bridgehead atoms. The average molecular weight is 365 g/mol. The Morgan fingerprint density at radius 3 is 2.44 bits per heavy atom. The summed E-state index contributed by atoms with van der Waals surface area (Å²) in [5.74, 6) is 1.52. The van der Waals surface area contributed by atoms with Crippen molar-refractivity contribution >= 4 is 5.65 Å². The van der Waals surface area contributed by atoms with Crippen molar-refractivity contribution < 1.29 is 18.6 Å². The highest BCUT2D eigenvalue weighted by molar-refractivity contribution is 5.69. The molecule has 0 saturated heterocycles. The number of methoxy groups -OCH3 is 2. The van der Waals surface area contributed by atoms with Gasteiger partial charge in [-0.3, -0.25) is 0 Å². The highest BCUT2D eigenvalue weighted by Gasteiger charge is 2.17. The van der Waals surface area contributed by atoms with E-state index >= 15 is 0 Å². The van der Waals surface area contributed by atoms with Gasteiger partial charge >= 0.3 is 0 Å². The third-order valence-electron chi connectivity index (χ3n) is 3.99. The molecule has 2 aromatic heterocycles. The van der Waals surface area contributed by atoms with Gasteiger partial charge in [0.15, 0.2) is 17.1 Å². The topological polar surface area (TPSA) is 57.9 Å². The zero-order valence-corrected chi connectivity index (χ0v) is 14.7. The first-order valence-corrected chi connectivity index (χ1v) is 8.20. The Hall–Kier alpha value is -3.61. The van der Waals surface area contributed by atoms with E-state index in [-0.39, 0.29) is 5.82 Å². The number of hydrogen-bond donors (Lipinski definition) is 0. The summed E-state index contributed by atoms with van der Waals surface area (Å²) in [5, 5.41) is 4.44. The van der Waals surface area contributed by atoms with E-state index in [4.69, 9.17) is 14.2 Å². The lowest BCUT2D eigenvalue weighted by Crippen LogP contribution is -1.99. The normalized spacial score (nSPS) is 10.8. The van der Waals surface area contributed by atoms with Crippen LogP contribution in [-0.2, 0) is 0 Å². The Labute approximate surface area is 154 Å². The van der Waals surface area contributed by atoms with E-state index in [1.807, 2.05) is 12.1 Å². The predicted octanol–water partition coefficient (Wildman–Crippen LogP) is 4.34. The zero-order chi connectivity index (χ0) is 18.8. The summed E-state index contributed by atoms with van der Waals surface area (Å²) in [7, 11) is 3.09. The number of aromatic nitrogens is 3. The van der Waals surface area contributed by atoms with E-state index < -0.39 is 0 Å². The van der Waals surface area contributed by atoms with E-state index in [9.17, 15) is 4.39 Å². The van der Waals surface area contributed by atoms with Crippen molar-refractivity contribution in [3.8, 4) is 34.5 Å². The molecule has 0 amide bonds. The molecule has 0 spiro atoms. The molecule has 2 aromatic carbocycles. The van der Waals surface area contributed by atoms with Gasteiger partial charge in [0, 0.05) is 11.6 Å². The first-order chi connectivity index (χ1) is 13.2. The first-order valence-electron chi connectivity index (χ1n) is 8.20. The van der Waals surface area contributed by atoms with Crippen molar-refractivity contribution in [3.63, 3.8) is 0 Å². The number of para-hydroxylation sites is 2. The molecule has 6 nitrogen and oxygen atoms in total. The Kier molecular flexibility index (Phi) is 4.33. The van der Waals surface area contributed by atoms with E-state index in [0.717, 1.165) is 0 Å². The van der Waals surface area contributed by atoms with Crippen molar-refractivity contribution in [3.05, 3.63) is 66.5 Å². The van der Waals surface area contributed by atoms with Gasteiger partial charge < -0.3 is 14.2 Å². The second kappa shape index (κ2) is 6.95. The van der Waals surface area contributed by atoms with Crippen LogP contribution in [0.15, 0.2) is 60.7 Å². The second-order valence-corrected chi connectivity index (χ2v) is 5.67. The number of fused-ring (bicyclic) bond motifs is 1. The Bertz CT molecular complexity index is 1110. The molecule has 0 fully saturated rings. The molecule has 2 heterocycles. The number of hydrogen-bond acceptors (Lipinski definition) is 5. The maximum absolute atomic E-state index is 13.6. The van der Waals surface area contributed by atoms with Gasteiger partial charge in [0.05, 0.1) is 14.2 Å². The Balaban J connectivity index is 1.78. The molecule has 0 N–H and O–H groups in total. The van der Waals surface area contributed by atoms with Gasteiger partial charge in [-0.25, -0.2) is 9.37 Å². The molecule has 0 radical (unpaired) electrons. The van der Waals surface area contributed by atoms with Crippen molar-refractivity contribution in [2.45, 2.75) is 0 Å². The summed E-state index contributed by atoms with van der Waals surface area (Å²) in [6.45, 7) is 0. The fourth-order valence-corrected chi connectivity index (χ4v) is 2.77. The van der Waals surface area contributed by atoms with Crippen LogP contribution in [0.3, 0.4) is 0 Å². The number of benzene rings is 2. The molecule has 0 aliphatic heterocycles. The van der Waals surface area contributed by atoms with Crippen molar-refractivity contribution in [1.82, 2.24) is 14.6 Å². The SMILES string of the molecule is COc1ccccc1Oc1ccc2nc(-c3cccc(F)c3)c(OC)n2n1. The lowest BCUT2D eigenvalue weighted by Gasteiger charge is -2.09. The highest BCUT2D eigenvalue weighted by atomic mass is 19.1. The van der Waals surface area contributed by atoms with E-state index in [1.54, 1.807) is 43.5 Å². The third kappa shape index (κ3) is 3.15. The third-order valence-corrected chi connectivity index (χ3v) is 3.99. The molecule has 4 rings (SSSR count). The van der Waals surface area contributed by atoms with Crippen molar-refractivity contribution in [2.75, 3.05) is 14.2 Å². The molecule has 0 aliphatic carbocycles. The van der Waals surface area contributed by atoms with E-state index in [2.05, 4.69) is 10.1 Å². The molecule has 0 saturated carbocycles. The van der Waals surface area contributed by atoms with Gasteiger partial charge in [-0.15, -0.1) is 5.10 Å². The summed E-state index contributed by atoms with van der Waals surface area (Å²) >= 11 is 0. The first kappa shape index (κ1) is 16.8. The molecular formula is C20H16FN3O3. The van der Waals surface area contributed by atoms with Crippen LogP contribution in [-0.4, -0.2) is 28.8 Å². The maximum atomic E-state index is 13.6.